The Hall–Kier alpha value is -1.37. The number of rotatable bonds is 5. The number of aryl methyl sites for hydroxylation is 1. The van der Waals surface area contributed by atoms with Crippen LogP contribution in [0.15, 0.2) is 9.95 Å². The number of aromatic nitrogens is 3. The van der Waals surface area contributed by atoms with Gasteiger partial charge in [0, 0.05) is 0 Å². The summed E-state index contributed by atoms with van der Waals surface area (Å²) in [6.07, 6.45) is 3.24. The molecule has 1 aromatic heterocycles. The summed E-state index contributed by atoms with van der Waals surface area (Å²) in [5.41, 5.74) is 0.0322. The Morgan fingerprint density at radius 1 is 1.39 bits per heavy atom. The van der Waals surface area contributed by atoms with Crippen LogP contribution >= 0.6 is 11.8 Å². The summed E-state index contributed by atoms with van der Waals surface area (Å²) >= 11 is 1.15. The average Bonchev–Trinajstić information content (AvgIpc) is 2.48. The highest BCUT2D eigenvalue weighted by molar-refractivity contribution is 7.99. The molecule has 0 spiro atoms. The molecule has 0 saturated heterocycles. The van der Waals surface area contributed by atoms with Crippen molar-refractivity contribution < 1.29 is 9.53 Å². The van der Waals surface area contributed by atoms with Gasteiger partial charge in [0.05, 0.1) is 5.75 Å². The van der Waals surface area contributed by atoms with E-state index in [4.69, 9.17) is 4.74 Å². The van der Waals surface area contributed by atoms with Crippen LogP contribution in [0.25, 0.3) is 0 Å². The Labute approximate surface area is 140 Å². The zero-order chi connectivity index (χ0) is 17.0. The van der Waals surface area contributed by atoms with E-state index < -0.39 is 0 Å². The quantitative estimate of drug-likeness (QED) is 0.655. The SMILES string of the molecule is Cc1nnc(SCC(=O)O[C@@H]2C[C@H](C)CC[C@@H]2C(C)C)[nH]c1=O. The van der Waals surface area contributed by atoms with Crippen LogP contribution in [-0.4, -0.2) is 33.0 Å². The van der Waals surface area contributed by atoms with Crippen LogP contribution < -0.4 is 5.56 Å². The van der Waals surface area contributed by atoms with Crippen LogP contribution in [0.1, 0.15) is 45.7 Å². The fourth-order valence-corrected chi connectivity index (χ4v) is 3.61. The van der Waals surface area contributed by atoms with E-state index in [1.54, 1.807) is 6.92 Å². The molecule has 6 nitrogen and oxygen atoms in total. The van der Waals surface area contributed by atoms with Crippen LogP contribution in [0.4, 0.5) is 0 Å². The van der Waals surface area contributed by atoms with Gasteiger partial charge in [-0.3, -0.25) is 14.6 Å². The van der Waals surface area contributed by atoms with Crippen molar-refractivity contribution in [3.8, 4) is 0 Å². The van der Waals surface area contributed by atoms with Gasteiger partial charge in [-0.05, 0) is 37.5 Å². The Morgan fingerprint density at radius 3 is 2.78 bits per heavy atom. The maximum atomic E-state index is 12.1. The summed E-state index contributed by atoms with van der Waals surface area (Å²) in [7, 11) is 0. The van der Waals surface area contributed by atoms with Gasteiger partial charge in [0.15, 0.2) is 5.16 Å². The highest BCUT2D eigenvalue weighted by Gasteiger charge is 2.33. The number of carbonyl (C=O) groups is 1. The van der Waals surface area contributed by atoms with Crippen molar-refractivity contribution >= 4 is 17.7 Å². The third-order valence-electron chi connectivity index (χ3n) is 4.41. The fraction of sp³-hybridized carbons (Fsp3) is 0.750. The minimum atomic E-state index is -0.281. The van der Waals surface area contributed by atoms with Gasteiger partial charge in [0.25, 0.3) is 5.56 Å². The predicted octanol–water partition coefficient (Wildman–Crippen LogP) is 2.57. The normalized spacial score (nSPS) is 24.7. The number of hydrogen-bond acceptors (Lipinski definition) is 6. The van der Waals surface area contributed by atoms with Crippen LogP contribution in [0.5, 0.6) is 0 Å². The molecule has 3 atom stereocenters. The van der Waals surface area contributed by atoms with E-state index in [0.29, 0.717) is 28.6 Å². The lowest BCUT2D eigenvalue weighted by Gasteiger charge is -2.36. The lowest BCUT2D eigenvalue weighted by Crippen LogP contribution is -2.36. The molecule has 0 aliphatic heterocycles. The lowest BCUT2D eigenvalue weighted by molar-refractivity contribution is -0.152. The number of thioether (sulfide) groups is 1. The first-order valence-corrected chi connectivity index (χ1v) is 9.11. The van der Waals surface area contributed by atoms with Gasteiger partial charge in [-0.15, -0.1) is 10.2 Å². The molecule has 1 aliphatic carbocycles. The van der Waals surface area contributed by atoms with E-state index in [-0.39, 0.29) is 23.4 Å². The van der Waals surface area contributed by atoms with Gasteiger partial charge < -0.3 is 4.74 Å². The first-order chi connectivity index (χ1) is 10.9. The van der Waals surface area contributed by atoms with Crippen molar-refractivity contribution in [2.75, 3.05) is 5.75 Å². The summed E-state index contributed by atoms with van der Waals surface area (Å²) in [4.78, 5) is 26.2. The number of esters is 1. The zero-order valence-electron chi connectivity index (χ0n) is 14.2. The van der Waals surface area contributed by atoms with Crippen molar-refractivity contribution in [1.29, 1.82) is 0 Å². The third kappa shape index (κ3) is 5.06. The zero-order valence-corrected chi connectivity index (χ0v) is 15.0. The van der Waals surface area contributed by atoms with Crippen LogP contribution in [0.3, 0.4) is 0 Å². The average molecular weight is 339 g/mol. The Balaban J connectivity index is 1.89. The maximum Gasteiger partial charge on any atom is 0.316 e. The van der Waals surface area contributed by atoms with Crippen molar-refractivity contribution in [2.24, 2.45) is 17.8 Å². The summed E-state index contributed by atoms with van der Waals surface area (Å²) in [6, 6.07) is 0. The van der Waals surface area contributed by atoms with Crippen molar-refractivity contribution in [3.05, 3.63) is 16.0 Å². The highest BCUT2D eigenvalue weighted by atomic mass is 32.2. The number of ether oxygens (including phenoxy) is 1. The highest BCUT2D eigenvalue weighted by Crippen LogP contribution is 2.35. The Kier molecular flexibility index (Phi) is 6.21. The number of nitrogens with one attached hydrogen (secondary N) is 1. The topological polar surface area (TPSA) is 84.9 Å². The molecule has 0 amide bonds. The van der Waals surface area contributed by atoms with E-state index >= 15 is 0 Å². The molecule has 23 heavy (non-hydrogen) atoms. The van der Waals surface area contributed by atoms with Crippen molar-refractivity contribution in [1.82, 2.24) is 15.2 Å². The molecule has 1 aliphatic rings. The summed E-state index contributed by atoms with van der Waals surface area (Å²) in [5.74, 6) is 1.40. The minimum absolute atomic E-state index is 0.00463. The van der Waals surface area contributed by atoms with Crippen LogP contribution in [0, 0.1) is 24.7 Å². The van der Waals surface area contributed by atoms with Gasteiger partial charge >= 0.3 is 5.97 Å². The van der Waals surface area contributed by atoms with E-state index in [9.17, 15) is 9.59 Å². The molecule has 0 aromatic carbocycles. The van der Waals surface area contributed by atoms with E-state index in [2.05, 4.69) is 36.0 Å². The first kappa shape index (κ1) is 18.0. The second kappa shape index (κ2) is 7.95. The number of nitrogens with zero attached hydrogens (tertiary/aromatic N) is 2. The van der Waals surface area contributed by atoms with Gasteiger partial charge in [-0.1, -0.05) is 39.0 Å². The predicted molar refractivity (Wildman–Crippen MR) is 89.3 cm³/mol. The molecule has 0 radical (unpaired) electrons. The maximum absolute atomic E-state index is 12.1. The molecule has 1 fully saturated rings. The molecule has 0 bridgehead atoms. The van der Waals surface area contributed by atoms with E-state index in [1.807, 2.05) is 0 Å². The number of carbonyl (C=O) groups excluding carboxylic acids is 1. The van der Waals surface area contributed by atoms with Gasteiger partial charge in [-0.2, -0.15) is 0 Å². The summed E-state index contributed by atoms with van der Waals surface area (Å²) in [5, 5.41) is 7.96. The van der Waals surface area contributed by atoms with Gasteiger partial charge in [0.2, 0.25) is 0 Å². The van der Waals surface area contributed by atoms with E-state index in [1.165, 1.54) is 6.42 Å². The van der Waals surface area contributed by atoms with E-state index in [0.717, 1.165) is 24.6 Å². The molecule has 1 aromatic rings. The number of aromatic amines is 1. The molecule has 0 unspecified atom stereocenters. The largest absolute Gasteiger partial charge is 0.461 e. The van der Waals surface area contributed by atoms with Crippen molar-refractivity contribution in [3.63, 3.8) is 0 Å². The molecule has 2 rings (SSSR count). The monoisotopic (exact) mass is 339 g/mol. The second-order valence-electron chi connectivity index (χ2n) is 6.69. The Bertz CT molecular complexity index is 602. The van der Waals surface area contributed by atoms with Gasteiger partial charge in [-0.25, -0.2) is 0 Å². The van der Waals surface area contributed by atoms with Crippen LogP contribution in [-0.2, 0) is 9.53 Å². The number of H-pyrrole nitrogens is 1. The standard InChI is InChI=1S/C16H25N3O3S/c1-9(2)12-6-5-10(3)7-13(12)22-14(20)8-23-16-17-15(21)11(4)18-19-16/h9-10,12-13H,5-8H2,1-4H3,(H,17,19,21)/t10-,12-,13-/m1/s1. The fourth-order valence-electron chi connectivity index (χ4n) is 3.02. The molecule has 128 valence electrons. The smallest absolute Gasteiger partial charge is 0.316 e. The Morgan fingerprint density at radius 2 is 2.13 bits per heavy atom. The first-order valence-electron chi connectivity index (χ1n) is 8.12. The summed E-state index contributed by atoms with van der Waals surface area (Å²) < 4.78 is 5.71. The number of hydrogen-bond donors (Lipinski definition) is 1. The molecule has 1 heterocycles. The van der Waals surface area contributed by atoms with Crippen LogP contribution in [0.2, 0.25) is 0 Å². The van der Waals surface area contributed by atoms with Gasteiger partial charge in [0.1, 0.15) is 11.8 Å². The lowest BCUT2D eigenvalue weighted by atomic mass is 9.75. The van der Waals surface area contributed by atoms with Crippen molar-refractivity contribution in [2.45, 2.75) is 58.2 Å². The molecular formula is C16H25N3O3S. The second-order valence-corrected chi connectivity index (χ2v) is 7.65. The molecule has 1 N–H and O–H groups in total. The third-order valence-corrected chi connectivity index (χ3v) is 5.25. The molecular weight excluding hydrogens is 314 g/mol. The summed E-state index contributed by atoms with van der Waals surface area (Å²) in [6.45, 7) is 8.16. The minimum Gasteiger partial charge on any atom is -0.461 e. The molecule has 7 heteroatoms. The molecule has 1 saturated carbocycles.